The molecule has 1 aromatic heterocycles. The average Bonchev–Trinajstić information content (AvgIpc) is 2.53. The van der Waals surface area contributed by atoms with Crippen LogP contribution in [0.5, 0.6) is 0 Å². The molecule has 2 aromatic rings. The third kappa shape index (κ3) is 2.93. The first-order valence-electron chi connectivity index (χ1n) is 7.69. The molecule has 20 heavy (non-hydrogen) atoms. The van der Waals surface area contributed by atoms with Gasteiger partial charge in [-0.1, -0.05) is 37.5 Å². The van der Waals surface area contributed by atoms with E-state index in [1.807, 2.05) is 12.1 Å². The second-order valence-electron chi connectivity index (χ2n) is 5.77. The summed E-state index contributed by atoms with van der Waals surface area (Å²) in [7, 11) is 0. The predicted octanol–water partition coefficient (Wildman–Crippen LogP) is 3.55. The Hall–Kier alpha value is -1.61. The Balaban J connectivity index is 1.76. The highest BCUT2D eigenvalue weighted by Gasteiger charge is 2.22. The molecule has 3 heteroatoms. The molecule has 3 rings (SSSR count). The molecule has 3 nitrogen and oxygen atoms in total. The molecule has 1 aliphatic carbocycles. The number of anilines is 1. The molecule has 1 unspecified atom stereocenters. The molecule has 0 spiro atoms. The van der Waals surface area contributed by atoms with Crippen molar-refractivity contribution in [3.63, 3.8) is 0 Å². The molecule has 1 heterocycles. The molecule has 0 aliphatic heterocycles. The quantitative estimate of drug-likeness (QED) is 0.892. The lowest BCUT2D eigenvalue weighted by atomic mass is 9.84. The standard InChI is InChI=1S/C17H23N3/c18-12-16(13-6-2-1-3-7-13)20-17-11-10-14-8-4-5-9-15(14)19-17/h4-5,8-11,13,16H,1-3,6-7,12,18H2,(H,19,20). The van der Waals surface area contributed by atoms with Gasteiger partial charge in [0.1, 0.15) is 5.82 Å². The summed E-state index contributed by atoms with van der Waals surface area (Å²) >= 11 is 0. The monoisotopic (exact) mass is 269 g/mol. The molecule has 1 aliphatic rings. The first-order chi connectivity index (χ1) is 9.86. The summed E-state index contributed by atoms with van der Waals surface area (Å²) in [6.07, 6.45) is 6.65. The molecular formula is C17H23N3. The van der Waals surface area contributed by atoms with E-state index in [1.54, 1.807) is 0 Å². The van der Waals surface area contributed by atoms with Crippen molar-refractivity contribution in [3.8, 4) is 0 Å². The molecule has 0 bridgehead atoms. The number of nitrogens with zero attached hydrogens (tertiary/aromatic N) is 1. The van der Waals surface area contributed by atoms with Crippen molar-refractivity contribution in [1.29, 1.82) is 0 Å². The second kappa shape index (κ2) is 6.23. The number of pyridine rings is 1. The van der Waals surface area contributed by atoms with Crippen molar-refractivity contribution in [1.82, 2.24) is 4.98 Å². The molecule has 0 saturated heterocycles. The Morgan fingerprint density at radius 2 is 1.90 bits per heavy atom. The molecule has 1 saturated carbocycles. The lowest BCUT2D eigenvalue weighted by molar-refractivity contribution is 0.320. The van der Waals surface area contributed by atoms with Crippen LogP contribution in [-0.2, 0) is 0 Å². The molecule has 1 aromatic carbocycles. The fourth-order valence-corrected chi connectivity index (χ4v) is 3.24. The van der Waals surface area contributed by atoms with Gasteiger partial charge >= 0.3 is 0 Å². The van der Waals surface area contributed by atoms with Gasteiger partial charge in [0.05, 0.1) is 5.52 Å². The smallest absolute Gasteiger partial charge is 0.126 e. The van der Waals surface area contributed by atoms with Crippen molar-refractivity contribution in [2.75, 3.05) is 11.9 Å². The number of rotatable bonds is 4. The van der Waals surface area contributed by atoms with E-state index in [9.17, 15) is 0 Å². The van der Waals surface area contributed by atoms with E-state index in [2.05, 4.69) is 29.6 Å². The van der Waals surface area contributed by atoms with Gasteiger partial charge in [-0.2, -0.15) is 0 Å². The Morgan fingerprint density at radius 3 is 2.70 bits per heavy atom. The average molecular weight is 269 g/mol. The van der Waals surface area contributed by atoms with Gasteiger partial charge in [-0.05, 0) is 37.0 Å². The van der Waals surface area contributed by atoms with Crippen molar-refractivity contribution in [2.45, 2.75) is 38.1 Å². The Kier molecular flexibility index (Phi) is 4.16. The fraction of sp³-hybridized carbons (Fsp3) is 0.471. The highest BCUT2D eigenvalue weighted by Crippen LogP contribution is 2.28. The van der Waals surface area contributed by atoms with E-state index >= 15 is 0 Å². The van der Waals surface area contributed by atoms with Gasteiger partial charge in [0, 0.05) is 18.0 Å². The number of nitrogens with two attached hydrogens (primary N) is 1. The van der Waals surface area contributed by atoms with Crippen molar-refractivity contribution >= 4 is 16.7 Å². The van der Waals surface area contributed by atoms with E-state index in [0.29, 0.717) is 18.5 Å². The number of aromatic nitrogens is 1. The van der Waals surface area contributed by atoms with Gasteiger partial charge in [-0.15, -0.1) is 0 Å². The van der Waals surface area contributed by atoms with Crippen LogP contribution >= 0.6 is 0 Å². The van der Waals surface area contributed by atoms with Crippen LogP contribution in [0.15, 0.2) is 36.4 Å². The number of hydrogen-bond donors (Lipinski definition) is 2. The van der Waals surface area contributed by atoms with Crippen LogP contribution in [0.25, 0.3) is 10.9 Å². The van der Waals surface area contributed by atoms with Gasteiger partial charge in [0.15, 0.2) is 0 Å². The number of para-hydroxylation sites is 1. The molecule has 0 radical (unpaired) electrons. The van der Waals surface area contributed by atoms with Crippen LogP contribution in [0.1, 0.15) is 32.1 Å². The maximum atomic E-state index is 5.97. The van der Waals surface area contributed by atoms with Crippen LogP contribution in [-0.4, -0.2) is 17.6 Å². The van der Waals surface area contributed by atoms with Crippen LogP contribution < -0.4 is 11.1 Å². The van der Waals surface area contributed by atoms with Crippen molar-refractivity contribution < 1.29 is 0 Å². The van der Waals surface area contributed by atoms with E-state index in [4.69, 9.17) is 10.7 Å². The van der Waals surface area contributed by atoms with Gasteiger partial charge in [0.25, 0.3) is 0 Å². The Labute approximate surface area is 120 Å². The van der Waals surface area contributed by atoms with E-state index in [1.165, 1.54) is 37.5 Å². The van der Waals surface area contributed by atoms with Gasteiger partial charge in [-0.25, -0.2) is 4.98 Å². The van der Waals surface area contributed by atoms with E-state index in [-0.39, 0.29) is 0 Å². The second-order valence-corrected chi connectivity index (χ2v) is 5.77. The predicted molar refractivity (Wildman–Crippen MR) is 84.8 cm³/mol. The van der Waals surface area contributed by atoms with Crippen LogP contribution in [0.3, 0.4) is 0 Å². The van der Waals surface area contributed by atoms with Gasteiger partial charge < -0.3 is 11.1 Å². The fourth-order valence-electron chi connectivity index (χ4n) is 3.24. The third-order valence-corrected chi connectivity index (χ3v) is 4.40. The molecular weight excluding hydrogens is 246 g/mol. The minimum atomic E-state index is 0.351. The third-order valence-electron chi connectivity index (χ3n) is 4.40. The lowest BCUT2D eigenvalue weighted by Gasteiger charge is -2.30. The summed E-state index contributed by atoms with van der Waals surface area (Å²) in [6.45, 7) is 0.680. The van der Waals surface area contributed by atoms with Gasteiger partial charge in [0.2, 0.25) is 0 Å². The Bertz CT molecular complexity index is 561. The molecule has 1 fully saturated rings. The Morgan fingerprint density at radius 1 is 1.10 bits per heavy atom. The van der Waals surface area contributed by atoms with Crippen molar-refractivity contribution in [3.05, 3.63) is 36.4 Å². The zero-order valence-electron chi connectivity index (χ0n) is 11.9. The summed E-state index contributed by atoms with van der Waals surface area (Å²) in [5.41, 5.74) is 7.01. The largest absolute Gasteiger partial charge is 0.366 e. The zero-order chi connectivity index (χ0) is 13.8. The van der Waals surface area contributed by atoms with Gasteiger partial charge in [-0.3, -0.25) is 0 Å². The first kappa shape index (κ1) is 13.4. The normalized spacial score (nSPS) is 18.1. The van der Waals surface area contributed by atoms with E-state index in [0.717, 1.165) is 11.3 Å². The van der Waals surface area contributed by atoms with Crippen LogP contribution in [0.2, 0.25) is 0 Å². The minimum Gasteiger partial charge on any atom is -0.366 e. The lowest BCUT2D eigenvalue weighted by Crippen LogP contribution is -2.37. The molecule has 106 valence electrons. The SMILES string of the molecule is NCC(Nc1ccc2ccccc2n1)C1CCCCC1. The maximum Gasteiger partial charge on any atom is 0.126 e. The maximum absolute atomic E-state index is 5.97. The topological polar surface area (TPSA) is 50.9 Å². The highest BCUT2D eigenvalue weighted by atomic mass is 15.0. The summed E-state index contributed by atoms with van der Waals surface area (Å²) in [6, 6.07) is 12.8. The molecule has 3 N–H and O–H groups in total. The number of hydrogen-bond acceptors (Lipinski definition) is 3. The van der Waals surface area contributed by atoms with Crippen LogP contribution in [0.4, 0.5) is 5.82 Å². The van der Waals surface area contributed by atoms with E-state index < -0.39 is 0 Å². The summed E-state index contributed by atoms with van der Waals surface area (Å²) in [4.78, 5) is 4.69. The molecule has 1 atom stereocenters. The molecule has 0 amide bonds. The summed E-state index contributed by atoms with van der Waals surface area (Å²) in [5.74, 6) is 1.65. The zero-order valence-corrected chi connectivity index (χ0v) is 11.9. The summed E-state index contributed by atoms with van der Waals surface area (Å²) < 4.78 is 0. The highest BCUT2D eigenvalue weighted by molar-refractivity contribution is 5.80. The minimum absolute atomic E-state index is 0.351. The number of benzene rings is 1. The van der Waals surface area contributed by atoms with Crippen molar-refractivity contribution in [2.24, 2.45) is 11.7 Å². The number of nitrogens with one attached hydrogen (secondary N) is 1. The number of fused-ring (bicyclic) bond motifs is 1. The van der Waals surface area contributed by atoms with Crippen LogP contribution in [0, 0.1) is 5.92 Å². The first-order valence-corrected chi connectivity index (χ1v) is 7.69. The summed E-state index contributed by atoms with van der Waals surface area (Å²) in [5, 5.41) is 4.73.